The Hall–Kier alpha value is -3.42. The monoisotopic (exact) mass is 663 g/mol. The van der Waals surface area contributed by atoms with Gasteiger partial charge in [-0.15, -0.1) is 0 Å². The lowest BCUT2D eigenvalue weighted by atomic mass is 9.96. The average molecular weight is 664 g/mol. The highest BCUT2D eigenvalue weighted by Crippen LogP contribution is 2.22. The maximum Gasteiger partial charge on any atom is 0.251 e. The second kappa shape index (κ2) is 18.2. The fourth-order valence-corrected chi connectivity index (χ4v) is 6.88. The summed E-state index contributed by atoms with van der Waals surface area (Å²) in [5.41, 5.74) is 8.69. The van der Waals surface area contributed by atoms with Gasteiger partial charge in [-0.25, -0.2) is 4.68 Å². The third kappa shape index (κ3) is 11.1. The lowest BCUT2D eigenvalue weighted by molar-refractivity contribution is 0.0383. The van der Waals surface area contributed by atoms with E-state index < -0.39 is 0 Å². The van der Waals surface area contributed by atoms with Crippen molar-refractivity contribution in [2.45, 2.75) is 44.6 Å². The second-order valence-corrected chi connectivity index (χ2v) is 13.2. The summed E-state index contributed by atoms with van der Waals surface area (Å²) in [6, 6.07) is 15.6. The van der Waals surface area contributed by atoms with Crippen LogP contribution in [0.4, 0.5) is 0 Å². The molecule has 0 bridgehead atoms. The van der Waals surface area contributed by atoms with E-state index in [-0.39, 0.29) is 11.8 Å². The van der Waals surface area contributed by atoms with Gasteiger partial charge < -0.3 is 20.5 Å². The molecule has 0 radical (unpaired) electrons. The van der Waals surface area contributed by atoms with Gasteiger partial charge in [0, 0.05) is 69.6 Å². The number of primary amides is 1. The van der Waals surface area contributed by atoms with Crippen LogP contribution in [0, 0.1) is 0 Å². The molecule has 254 valence electrons. The second-order valence-electron chi connectivity index (χ2n) is 12.3. The van der Waals surface area contributed by atoms with Crippen LogP contribution in [0.15, 0.2) is 53.5 Å². The van der Waals surface area contributed by atoms with Gasteiger partial charge in [0.2, 0.25) is 10.7 Å². The Labute approximate surface area is 281 Å². The molecule has 0 unspecified atom stereocenters. The summed E-state index contributed by atoms with van der Waals surface area (Å²) in [6.45, 7) is 9.67. The molecule has 0 atom stereocenters. The van der Waals surface area contributed by atoms with Gasteiger partial charge in [-0.1, -0.05) is 54.9 Å². The number of carbonyl (C=O) groups is 2. The number of hydrogen-bond acceptors (Lipinski definition) is 9. The first kappa shape index (κ1) is 34.9. The number of morpholine rings is 2. The standard InChI is InChI=1S/C22H31N5O2S.C13H18N2O2/c1-26-22(24-19-5-3-2-4-6-19)30-21(25-26)18-9-7-17(8-10-18)20(28)23-11-12-27-13-15-29-16-14-27;14-13(16)12-3-1-11(2-4-12)5-6-15-7-9-17-10-8-15/h7-10,19H,2-6,11-16H2,1H3,(H,23,28);1-4H,5-10H2,(H2,14,16). The van der Waals surface area contributed by atoms with Crippen molar-refractivity contribution < 1.29 is 19.1 Å². The normalized spacial score (nSPS) is 18.4. The van der Waals surface area contributed by atoms with Crippen LogP contribution in [0.5, 0.6) is 0 Å². The first-order valence-electron chi connectivity index (χ1n) is 16.9. The number of amides is 2. The van der Waals surface area contributed by atoms with E-state index in [9.17, 15) is 9.59 Å². The molecule has 2 amide bonds. The van der Waals surface area contributed by atoms with Gasteiger partial charge in [0.05, 0.1) is 32.5 Å². The van der Waals surface area contributed by atoms with Crippen LogP contribution in [0.1, 0.15) is 58.4 Å². The predicted octanol–water partition coefficient (Wildman–Crippen LogP) is 3.10. The maximum atomic E-state index is 12.4. The number of nitrogens with one attached hydrogen (secondary N) is 1. The van der Waals surface area contributed by atoms with Gasteiger partial charge in [0.1, 0.15) is 5.01 Å². The van der Waals surface area contributed by atoms with Gasteiger partial charge >= 0.3 is 0 Å². The molecular weight excluding hydrogens is 614 g/mol. The number of carbonyl (C=O) groups excluding carboxylic acids is 2. The van der Waals surface area contributed by atoms with Crippen molar-refractivity contribution in [2.24, 2.45) is 17.8 Å². The minimum absolute atomic E-state index is 0.0347. The van der Waals surface area contributed by atoms with E-state index >= 15 is 0 Å². The van der Waals surface area contributed by atoms with Crippen molar-refractivity contribution in [3.63, 3.8) is 0 Å². The minimum atomic E-state index is -0.371. The van der Waals surface area contributed by atoms with E-state index in [1.165, 1.54) is 37.7 Å². The maximum absolute atomic E-state index is 12.4. The van der Waals surface area contributed by atoms with Crippen molar-refractivity contribution in [1.29, 1.82) is 0 Å². The van der Waals surface area contributed by atoms with Crippen LogP contribution >= 0.6 is 11.3 Å². The van der Waals surface area contributed by atoms with E-state index in [1.54, 1.807) is 23.5 Å². The minimum Gasteiger partial charge on any atom is -0.379 e. The average Bonchev–Trinajstić information content (AvgIpc) is 3.48. The molecule has 6 rings (SSSR count). The highest BCUT2D eigenvalue weighted by atomic mass is 32.1. The lowest BCUT2D eigenvalue weighted by Crippen LogP contribution is -2.41. The molecule has 3 aromatic rings. The van der Waals surface area contributed by atoms with Crippen LogP contribution < -0.4 is 15.9 Å². The van der Waals surface area contributed by atoms with Crippen LogP contribution in [0.2, 0.25) is 0 Å². The van der Waals surface area contributed by atoms with Crippen molar-refractivity contribution in [2.75, 3.05) is 72.2 Å². The third-order valence-corrected chi connectivity index (χ3v) is 9.91. The summed E-state index contributed by atoms with van der Waals surface area (Å²) in [5, 5.41) is 8.59. The molecule has 2 saturated heterocycles. The molecule has 0 spiro atoms. The molecule has 3 aliphatic rings. The Balaban J connectivity index is 0.000000216. The van der Waals surface area contributed by atoms with Gasteiger partial charge in [0.15, 0.2) is 0 Å². The number of nitrogens with zero attached hydrogens (tertiary/aromatic N) is 5. The number of benzene rings is 2. The highest BCUT2D eigenvalue weighted by Gasteiger charge is 2.15. The molecule has 1 saturated carbocycles. The Morgan fingerprint density at radius 2 is 1.47 bits per heavy atom. The van der Waals surface area contributed by atoms with Gasteiger partial charge in [-0.2, -0.15) is 5.10 Å². The molecule has 3 fully saturated rings. The van der Waals surface area contributed by atoms with Crippen molar-refractivity contribution in [3.05, 3.63) is 70.0 Å². The van der Waals surface area contributed by atoms with Gasteiger partial charge in [0.25, 0.3) is 5.91 Å². The molecule has 2 aliphatic heterocycles. The first-order chi connectivity index (χ1) is 22.9. The quantitative estimate of drug-likeness (QED) is 0.341. The molecule has 3 N–H and O–H groups in total. The Morgan fingerprint density at radius 1 is 0.872 bits per heavy atom. The topological polar surface area (TPSA) is 127 Å². The summed E-state index contributed by atoms with van der Waals surface area (Å²) >= 11 is 1.62. The fourth-order valence-electron chi connectivity index (χ4n) is 5.91. The van der Waals surface area contributed by atoms with Gasteiger partial charge in [-0.3, -0.25) is 24.4 Å². The Morgan fingerprint density at radius 3 is 2.09 bits per heavy atom. The lowest BCUT2D eigenvalue weighted by Gasteiger charge is -2.26. The number of rotatable bonds is 10. The molecule has 2 aromatic carbocycles. The molecule has 3 heterocycles. The molecule has 12 heteroatoms. The fraction of sp³-hybridized carbons (Fsp3) is 0.543. The molecule has 1 aliphatic carbocycles. The number of aromatic nitrogens is 2. The summed E-state index contributed by atoms with van der Waals surface area (Å²) in [5.74, 6) is -0.405. The zero-order valence-electron chi connectivity index (χ0n) is 27.6. The van der Waals surface area contributed by atoms with E-state index in [2.05, 4.69) is 20.2 Å². The largest absolute Gasteiger partial charge is 0.379 e. The zero-order valence-corrected chi connectivity index (χ0v) is 28.4. The molecular formula is C35H49N7O4S. The third-order valence-electron chi connectivity index (χ3n) is 8.84. The van der Waals surface area contributed by atoms with Crippen molar-refractivity contribution in [1.82, 2.24) is 24.9 Å². The number of nitrogens with two attached hydrogens (primary N) is 1. The van der Waals surface area contributed by atoms with Crippen molar-refractivity contribution >= 4 is 23.2 Å². The zero-order chi connectivity index (χ0) is 32.8. The van der Waals surface area contributed by atoms with Crippen LogP contribution in [-0.4, -0.2) is 110 Å². The summed E-state index contributed by atoms with van der Waals surface area (Å²) in [6.07, 6.45) is 7.25. The number of hydrogen-bond donors (Lipinski definition) is 2. The number of aryl methyl sites for hydroxylation is 1. The molecule has 1 aromatic heterocycles. The van der Waals surface area contributed by atoms with E-state index in [0.29, 0.717) is 23.7 Å². The van der Waals surface area contributed by atoms with Crippen LogP contribution in [0.3, 0.4) is 0 Å². The Bertz CT molecular complexity index is 1470. The highest BCUT2D eigenvalue weighted by molar-refractivity contribution is 7.12. The molecule has 47 heavy (non-hydrogen) atoms. The number of ether oxygens (including phenoxy) is 2. The SMILES string of the molecule is Cn1nc(-c2ccc(C(=O)NCCN3CCOCC3)cc2)sc1=NC1CCCCC1.NC(=O)c1ccc(CCN2CCOCC2)cc1. The Kier molecular flexibility index (Phi) is 13.5. The van der Waals surface area contributed by atoms with E-state index in [4.69, 9.17) is 20.2 Å². The van der Waals surface area contributed by atoms with E-state index in [1.807, 2.05) is 48.1 Å². The van der Waals surface area contributed by atoms with E-state index in [0.717, 1.165) is 87.5 Å². The summed E-state index contributed by atoms with van der Waals surface area (Å²) < 4.78 is 12.5. The van der Waals surface area contributed by atoms with Crippen LogP contribution in [0.25, 0.3) is 10.6 Å². The van der Waals surface area contributed by atoms with Gasteiger partial charge in [-0.05, 0) is 49.1 Å². The predicted molar refractivity (Wildman–Crippen MR) is 184 cm³/mol. The van der Waals surface area contributed by atoms with Crippen LogP contribution in [-0.2, 0) is 22.9 Å². The summed E-state index contributed by atoms with van der Waals surface area (Å²) in [7, 11) is 1.96. The first-order valence-corrected chi connectivity index (χ1v) is 17.7. The summed E-state index contributed by atoms with van der Waals surface area (Å²) in [4.78, 5) is 33.9. The van der Waals surface area contributed by atoms with Crippen molar-refractivity contribution in [3.8, 4) is 10.6 Å². The smallest absolute Gasteiger partial charge is 0.251 e. The molecule has 11 nitrogen and oxygen atoms in total.